The van der Waals surface area contributed by atoms with Gasteiger partial charge in [-0.3, -0.25) is 14.7 Å². The molecule has 1 N–H and O–H groups in total. The number of carbonyl (C=O) groups is 1. The fourth-order valence-corrected chi connectivity index (χ4v) is 4.20. The van der Waals surface area contributed by atoms with E-state index in [2.05, 4.69) is 30.1 Å². The zero-order valence-corrected chi connectivity index (χ0v) is 16.7. The number of aliphatic imine (C=N–C) groups is 1. The van der Waals surface area contributed by atoms with Crippen molar-refractivity contribution in [2.75, 3.05) is 6.54 Å². The SMILES string of the molecule is CCCCN1C(=O)C(=Cc2ccc3[nH]ccc3c2)SC1=NCc1ccccc1. The highest BCUT2D eigenvalue weighted by molar-refractivity contribution is 8.18. The average Bonchev–Trinajstić information content (AvgIpc) is 3.30. The lowest BCUT2D eigenvalue weighted by Crippen LogP contribution is -2.30. The first-order valence-corrected chi connectivity index (χ1v) is 10.4. The molecule has 3 aromatic rings. The van der Waals surface area contributed by atoms with Gasteiger partial charge in [-0.15, -0.1) is 0 Å². The summed E-state index contributed by atoms with van der Waals surface area (Å²) in [5.41, 5.74) is 3.28. The number of hydrogen-bond donors (Lipinski definition) is 1. The molecule has 2 heterocycles. The third kappa shape index (κ3) is 4.04. The van der Waals surface area contributed by atoms with Crippen LogP contribution in [0, 0.1) is 0 Å². The van der Waals surface area contributed by atoms with Crippen LogP contribution in [-0.2, 0) is 11.3 Å². The van der Waals surface area contributed by atoms with Gasteiger partial charge in [-0.05, 0) is 59.0 Å². The first-order valence-electron chi connectivity index (χ1n) is 9.61. The predicted octanol–water partition coefficient (Wildman–Crippen LogP) is 5.44. The van der Waals surface area contributed by atoms with E-state index in [1.54, 1.807) is 0 Å². The number of amides is 1. The molecule has 0 spiro atoms. The number of amidine groups is 1. The molecule has 1 amide bonds. The molecule has 1 aromatic heterocycles. The third-order valence-corrected chi connectivity index (χ3v) is 5.78. The molecule has 4 rings (SSSR count). The molecule has 5 heteroatoms. The summed E-state index contributed by atoms with van der Waals surface area (Å²) in [6.45, 7) is 3.43. The fourth-order valence-electron chi connectivity index (χ4n) is 3.19. The summed E-state index contributed by atoms with van der Waals surface area (Å²) < 4.78 is 0. The van der Waals surface area contributed by atoms with E-state index >= 15 is 0 Å². The zero-order valence-electron chi connectivity index (χ0n) is 15.9. The Balaban J connectivity index is 1.60. The number of benzene rings is 2. The second kappa shape index (κ2) is 8.48. The zero-order chi connectivity index (χ0) is 19.3. The molecule has 1 fully saturated rings. The van der Waals surface area contributed by atoms with Crippen LogP contribution in [-0.4, -0.2) is 27.5 Å². The number of aromatic amines is 1. The second-order valence-corrected chi connectivity index (χ2v) is 7.84. The van der Waals surface area contributed by atoms with Crippen LogP contribution >= 0.6 is 11.8 Å². The second-order valence-electron chi connectivity index (χ2n) is 6.83. The number of rotatable bonds is 6. The Morgan fingerprint density at radius 1 is 1.14 bits per heavy atom. The summed E-state index contributed by atoms with van der Waals surface area (Å²) in [4.78, 5) is 23.5. The van der Waals surface area contributed by atoms with Crippen molar-refractivity contribution in [2.45, 2.75) is 26.3 Å². The Kier molecular flexibility index (Phi) is 5.63. The van der Waals surface area contributed by atoms with E-state index in [1.807, 2.05) is 53.6 Å². The van der Waals surface area contributed by atoms with Crippen LogP contribution in [0.1, 0.15) is 30.9 Å². The van der Waals surface area contributed by atoms with Gasteiger partial charge >= 0.3 is 0 Å². The molecular weight excluding hydrogens is 366 g/mol. The Labute approximate surface area is 169 Å². The topological polar surface area (TPSA) is 48.5 Å². The fraction of sp³-hybridized carbons (Fsp3) is 0.217. The van der Waals surface area contributed by atoms with E-state index in [0.29, 0.717) is 13.1 Å². The Bertz CT molecular complexity index is 1040. The summed E-state index contributed by atoms with van der Waals surface area (Å²) in [6.07, 6.45) is 5.92. The maximum atomic E-state index is 13.0. The summed E-state index contributed by atoms with van der Waals surface area (Å²) in [5, 5.41) is 1.95. The first-order chi connectivity index (χ1) is 13.7. The van der Waals surface area contributed by atoms with Crippen LogP contribution in [0.25, 0.3) is 17.0 Å². The highest BCUT2D eigenvalue weighted by Gasteiger charge is 2.32. The smallest absolute Gasteiger partial charge is 0.266 e. The van der Waals surface area contributed by atoms with Gasteiger partial charge in [0.05, 0.1) is 11.4 Å². The maximum absolute atomic E-state index is 13.0. The minimum Gasteiger partial charge on any atom is -0.361 e. The molecule has 0 bridgehead atoms. The van der Waals surface area contributed by atoms with Crippen LogP contribution in [0.2, 0.25) is 0 Å². The van der Waals surface area contributed by atoms with Gasteiger partial charge < -0.3 is 4.98 Å². The third-order valence-electron chi connectivity index (χ3n) is 4.74. The van der Waals surface area contributed by atoms with Gasteiger partial charge in [-0.2, -0.15) is 0 Å². The van der Waals surface area contributed by atoms with Crippen LogP contribution in [0.5, 0.6) is 0 Å². The number of aromatic nitrogens is 1. The molecule has 2 aromatic carbocycles. The largest absolute Gasteiger partial charge is 0.361 e. The van der Waals surface area contributed by atoms with Crippen LogP contribution in [0.15, 0.2) is 70.7 Å². The number of fused-ring (bicyclic) bond motifs is 1. The maximum Gasteiger partial charge on any atom is 0.266 e. The summed E-state index contributed by atoms with van der Waals surface area (Å²) in [5.74, 6) is 0.0550. The number of nitrogens with one attached hydrogen (secondary N) is 1. The Hall–Kier alpha value is -2.79. The van der Waals surface area contributed by atoms with Crippen LogP contribution < -0.4 is 0 Å². The van der Waals surface area contributed by atoms with Crippen LogP contribution in [0.3, 0.4) is 0 Å². The van der Waals surface area contributed by atoms with Gasteiger partial charge in [-0.1, -0.05) is 49.7 Å². The summed E-state index contributed by atoms with van der Waals surface area (Å²) >= 11 is 1.48. The number of unbranched alkanes of at least 4 members (excludes halogenated alkanes) is 1. The van der Waals surface area contributed by atoms with Gasteiger partial charge in [0.2, 0.25) is 0 Å². The van der Waals surface area contributed by atoms with Gasteiger partial charge in [0.1, 0.15) is 0 Å². The van der Waals surface area contributed by atoms with Crippen LogP contribution in [0.4, 0.5) is 0 Å². The summed E-state index contributed by atoms with van der Waals surface area (Å²) in [7, 11) is 0. The average molecular weight is 390 g/mol. The highest BCUT2D eigenvalue weighted by atomic mass is 32.2. The van der Waals surface area contributed by atoms with E-state index in [4.69, 9.17) is 4.99 Å². The van der Waals surface area contributed by atoms with Crippen molar-refractivity contribution in [1.82, 2.24) is 9.88 Å². The van der Waals surface area contributed by atoms with Crippen molar-refractivity contribution < 1.29 is 4.79 Å². The first kappa shape index (κ1) is 18.6. The lowest BCUT2D eigenvalue weighted by atomic mass is 10.1. The molecule has 1 saturated heterocycles. The molecule has 0 saturated carbocycles. The molecule has 1 aliphatic rings. The monoisotopic (exact) mass is 389 g/mol. The molecular formula is C23H23N3OS. The van der Waals surface area contributed by atoms with Gasteiger partial charge in [0.25, 0.3) is 5.91 Å². The lowest BCUT2D eigenvalue weighted by Gasteiger charge is -2.14. The quantitative estimate of drug-likeness (QED) is 0.571. The normalized spacial score (nSPS) is 17.3. The molecule has 142 valence electrons. The van der Waals surface area contributed by atoms with E-state index in [0.717, 1.165) is 44.9 Å². The van der Waals surface area contributed by atoms with Gasteiger partial charge in [0.15, 0.2) is 5.17 Å². The van der Waals surface area contributed by atoms with Gasteiger partial charge in [0, 0.05) is 18.3 Å². The van der Waals surface area contributed by atoms with E-state index in [9.17, 15) is 4.79 Å². The molecule has 0 atom stereocenters. The molecule has 28 heavy (non-hydrogen) atoms. The summed E-state index contributed by atoms with van der Waals surface area (Å²) in [6, 6.07) is 18.4. The molecule has 1 aliphatic heterocycles. The minimum atomic E-state index is 0.0550. The van der Waals surface area contributed by atoms with Crippen molar-refractivity contribution in [3.8, 4) is 0 Å². The van der Waals surface area contributed by atoms with Crippen molar-refractivity contribution in [3.63, 3.8) is 0 Å². The molecule has 0 aliphatic carbocycles. The molecule has 4 nitrogen and oxygen atoms in total. The van der Waals surface area contributed by atoms with Crippen molar-refractivity contribution in [1.29, 1.82) is 0 Å². The minimum absolute atomic E-state index is 0.0550. The number of hydrogen-bond acceptors (Lipinski definition) is 3. The van der Waals surface area contributed by atoms with Crippen molar-refractivity contribution >= 4 is 39.8 Å². The number of nitrogens with zero attached hydrogens (tertiary/aromatic N) is 2. The molecule has 0 unspecified atom stereocenters. The van der Waals surface area contributed by atoms with Crippen molar-refractivity contribution in [2.24, 2.45) is 4.99 Å². The Morgan fingerprint density at radius 3 is 2.82 bits per heavy atom. The van der Waals surface area contributed by atoms with Gasteiger partial charge in [-0.25, -0.2) is 0 Å². The van der Waals surface area contributed by atoms with Crippen molar-refractivity contribution in [3.05, 3.63) is 76.8 Å². The van der Waals surface area contributed by atoms with E-state index in [1.165, 1.54) is 11.8 Å². The number of H-pyrrole nitrogens is 1. The predicted molar refractivity (Wildman–Crippen MR) is 118 cm³/mol. The Morgan fingerprint density at radius 2 is 2.00 bits per heavy atom. The number of carbonyl (C=O) groups excluding carboxylic acids is 1. The van der Waals surface area contributed by atoms with E-state index < -0.39 is 0 Å². The number of thioether (sulfide) groups is 1. The lowest BCUT2D eigenvalue weighted by molar-refractivity contribution is -0.122. The van der Waals surface area contributed by atoms with E-state index in [-0.39, 0.29) is 5.91 Å². The highest BCUT2D eigenvalue weighted by Crippen LogP contribution is 2.33. The molecule has 0 radical (unpaired) electrons. The standard InChI is InChI=1S/C23H23N3OS/c1-2-3-13-26-22(27)21(15-18-9-10-20-19(14-18)11-12-24-20)28-23(26)25-16-17-7-5-4-6-8-17/h4-12,14-15,24H,2-3,13,16H2,1H3.